The largest absolute Gasteiger partial charge is 0.374 e. The van der Waals surface area contributed by atoms with E-state index < -0.39 is 11.7 Å². The van der Waals surface area contributed by atoms with Gasteiger partial charge < -0.3 is 5.73 Å². The van der Waals surface area contributed by atoms with Gasteiger partial charge in [-0.25, -0.2) is 4.39 Å². The van der Waals surface area contributed by atoms with Crippen molar-refractivity contribution in [3.8, 4) is 0 Å². The van der Waals surface area contributed by atoms with Crippen molar-refractivity contribution < 1.29 is 9.18 Å². The molecule has 0 aliphatic heterocycles. The first-order valence-electron chi connectivity index (χ1n) is 4.41. The smallest absolute Gasteiger partial charge is 0.258 e. The highest BCUT2D eigenvalue weighted by molar-refractivity contribution is 9.10. The van der Waals surface area contributed by atoms with Gasteiger partial charge in [0.15, 0.2) is 0 Å². The number of carbonyl (C=O) groups is 1. The van der Waals surface area contributed by atoms with E-state index in [0.717, 1.165) is 11.3 Å². The number of benzene rings is 1. The first-order chi connectivity index (χ1) is 8.06. The van der Waals surface area contributed by atoms with E-state index in [1.165, 1.54) is 18.2 Å². The summed E-state index contributed by atoms with van der Waals surface area (Å²) in [6, 6.07) is 3.79. The second-order valence-corrected chi connectivity index (χ2v) is 4.89. The lowest BCUT2D eigenvalue weighted by molar-refractivity contribution is 0.102. The number of hydrogen-bond donors (Lipinski definition) is 2. The minimum atomic E-state index is -0.423. The Kier molecular flexibility index (Phi) is 3.34. The van der Waals surface area contributed by atoms with Gasteiger partial charge in [-0.1, -0.05) is 11.3 Å². The van der Waals surface area contributed by atoms with E-state index in [2.05, 4.69) is 31.4 Å². The molecular formula is C9H6BrFN4OS. The first-order valence-corrected chi connectivity index (χ1v) is 6.02. The van der Waals surface area contributed by atoms with Crippen molar-refractivity contribution in [1.82, 2.24) is 10.2 Å². The Balaban J connectivity index is 2.20. The van der Waals surface area contributed by atoms with Crippen LogP contribution in [-0.4, -0.2) is 16.1 Å². The average Bonchev–Trinajstić information content (AvgIpc) is 2.63. The molecule has 17 heavy (non-hydrogen) atoms. The molecule has 0 atom stereocenters. The normalized spacial score (nSPS) is 10.2. The van der Waals surface area contributed by atoms with E-state index in [9.17, 15) is 9.18 Å². The molecule has 1 aromatic heterocycles. The van der Waals surface area contributed by atoms with Gasteiger partial charge in [0, 0.05) is 4.47 Å². The zero-order valence-corrected chi connectivity index (χ0v) is 10.7. The number of hydrogen-bond acceptors (Lipinski definition) is 5. The standard InChI is InChI=1S/C9H6BrFN4OS/c10-6-3-4(11)1-2-5(6)7(16)13-9-15-14-8(12)17-9/h1-3H,(H2,12,14)(H,13,15,16). The number of nitrogen functional groups attached to an aromatic ring is 1. The van der Waals surface area contributed by atoms with Gasteiger partial charge in [0.05, 0.1) is 5.56 Å². The number of rotatable bonds is 2. The number of carbonyl (C=O) groups excluding carboxylic acids is 1. The summed E-state index contributed by atoms with van der Waals surface area (Å²) in [6.45, 7) is 0. The fourth-order valence-corrected chi connectivity index (χ4v) is 2.16. The van der Waals surface area contributed by atoms with E-state index in [1.54, 1.807) is 0 Å². The quantitative estimate of drug-likeness (QED) is 0.890. The van der Waals surface area contributed by atoms with Crippen LogP contribution in [0.2, 0.25) is 0 Å². The molecule has 0 unspecified atom stereocenters. The van der Waals surface area contributed by atoms with Crippen LogP contribution in [0.4, 0.5) is 14.7 Å². The van der Waals surface area contributed by atoms with E-state index >= 15 is 0 Å². The molecule has 0 saturated heterocycles. The SMILES string of the molecule is Nc1nnc(NC(=O)c2ccc(F)cc2Br)s1. The highest BCUT2D eigenvalue weighted by Crippen LogP contribution is 2.21. The molecule has 1 aromatic carbocycles. The predicted octanol–water partition coefficient (Wildman–Crippen LogP) is 2.27. The van der Waals surface area contributed by atoms with Crippen LogP contribution in [-0.2, 0) is 0 Å². The molecular weight excluding hydrogens is 311 g/mol. The molecule has 0 aliphatic rings. The number of aromatic nitrogens is 2. The number of anilines is 2. The van der Waals surface area contributed by atoms with Gasteiger partial charge in [-0.05, 0) is 34.1 Å². The zero-order valence-electron chi connectivity index (χ0n) is 8.28. The Morgan fingerprint density at radius 3 is 2.82 bits per heavy atom. The highest BCUT2D eigenvalue weighted by atomic mass is 79.9. The van der Waals surface area contributed by atoms with E-state index in [0.29, 0.717) is 15.2 Å². The molecule has 0 radical (unpaired) electrons. The van der Waals surface area contributed by atoms with Crippen LogP contribution in [0.25, 0.3) is 0 Å². The van der Waals surface area contributed by atoms with Crippen molar-refractivity contribution in [2.45, 2.75) is 0 Å². The van der Waals surface area contributed by atoms with Crippen LogP contribution >= 0.6 is 27.3 Å². The summed E-state index contributed by atoms with van der Waals surface area (Å²) in [4.78, 5) is 11.8. The lowest BCUT2D eigenvalue weighted by Gasteiger charge is -2.03. The Morgan fingerprint density at radius 2 is 2.24 bits per heavy atom. The number of halogens is 2. The molecule has 0 bridgehead atoms. The molecule has 0 fully saturated rings. The maximum Gasteiger partial charge on any atom is 0.258 e. The third kappa shape index (κ3) is 2.77. The molecule has 1 heterocycles. The molecule has 0 aliphatic carbocycles. The maximum absolute atomic E-state index is 12.8. The summed E-state index contributed by atoms with van der Waals surface area (Å²) in [5.41, 5.74) is 5.68. The molecule has 8 heteroatoms. The summed E-state index contributed by atoms with van der Waals surface area (Å²) in [7, 11) is 0. The van der Waals surface area contributed by atoms with Crippen LogP contribution in [0.3, 0.4) is 0 Å². The average molecular weight is 317 g/mol. The lowest BCUT2D eigenvalue weighted by Crippen LogP contribution is -2.12. The molecule has 2 rings (SSSR count). The van der Waals surface area contributed by atoms with Gasteiger partial charge in [-0.2, -0.15) is 0 Å². The van der Waals surface area contributed by atoms with Gasteiger partial charge in [0.25, 0.3) is 5.91 Å². The van der Waals surface area contributed by atoms with Crippen LogP contribution < -0.4 is 11.1 Å². The molecule has 0 spiro atoms. The molecule has 3 N–H and O–H groups in total. The Hall–Kier alpha value is -1.54. The number of nitrogens with zero attached hydrogens (tertiary/aromatic N) is 2. The monoisotopic (exact) mass is 316 g/mol. The number of nitrogens with two attached hydrogens (primary N) is 1. The van der Waals surface area contributed by atoms with Crippen molar-refractivity contribution >= 4 is 43.4 Å². The second-order valence-electron chi connectivity index (χ2n) is 3.02. The summed E-state index contributed by atoms with van der Waals surface area (Å²) in [5.74, 6) is -0.832. The summed E-state index contributed by atoms with van der Waals surface area (Å²) < 4.78 is 13.2. The highest BCUT2D eigenvalue weighted by Gasteiger charge is 2.12. The summed E-state index contributed by atoms with van der Waals surface area (Å²) in [5, 5.41) is 10.3. The fourth-order valence-electron chi connectivity index (χ4n) is 1.12. The molecule has 5 nitrogen and oxygen atoms in total. The van der Waals surface area contributed by atoms with Crippen LogP contribution in [0.1, 0.15) is 10.4 Å². The van der Waals surface area contributed by atoms with E-state index in [1.807, 2.05) is 0 Å². The van der Waals surface area contributed by atoms with Crippen LogP contribution in [0.5, 0.6) is 0 Å². The topological polar surface area (TPSA) is 80.9 Å². The summed E-state index contributed by atoms with van der Waals surface area (Å²) in [6.07, 6.45) is 0. The van der Waals surface area contributed by atoms with Crippen molar-refractivity contribution in [2.24, 2.45) is 0 Å². The van der Waals surface area contributed by atoms with Gasteiger partial charge in [0.1, 0.15) is 5.82 Å². The first kappa shape index (κ1) is 11.9. The van der Waals surface area contributed by atoms with E-state index in [-0.39, 0.29) is 5.13 Å². The van der Waals surface area contributed by atoms with Gasteiger partial charge in [-0.3, -0.25) is 10.1 Å². The molecule has 88 valence electrons. The Morgan fingerprint density at radius 1 is 1.47 bits per heavy atom. The molecule has 2 aromatic rings. The van der Waals surface area contributed by atoms with Crippen molar-refractivity contribution in [3.63, 3.8) is 0 Å². The van der Waals surface area contributed by atoms with Gasteiger partial charge in [-0.15, -0.1) is 10.2 Å². The van der Waals surface area contributed by atoms with Crippen molar-refractivity contribution in [1.29, 1.82) is 0 Å². The number of amides is 1. The lowest BCUT2D eigenvalue weighted by atomic mass is 10.2. The third-order valence-corrected chi connectivity index (χ3v) is 3.16. The predicted molar refractivity (Wildman–Crippen MR) is 66.4 cm³/mol. The zero-order chi connectivity index (χ0) is 12.4. The minimum absolute atomic E-state index is 0.262. The Bertz CT molecular complexity index is 574. The van der Waals surface area contributed by atoms with Gasteiger partial charge in [0.2, 0.25) is 10.3 Å². The Labute approximate surface area is 108 Å². The maximum atomic E-state index is 12.8. The third-order valence-electron chi connectivity index (χ3n) is 1.84. The second kappa shape index (κ2) is 4.76. The fraction of sp³-hybridized carbons (Fsp3) is 0. The van der Waals surface area contributed by atoms with Gasteiger partial charge >= 0.3 is 0 Å². The van der Waals surface area contributed by atoms with Crippen LogP contribution in [0, 0.1) is 5.82 Å². The number of nitrogens with one attached hydrogen (secondary N) is 1. The molecule has 1 amide bonds. The molecule has 0 saturated carbocycles. The van der Waals surface area contributed by atoms with Crippen molar-refractivity contribution in [3.05, 3.63) is 34.1 Å². The van der Waals surface area contributed by atoms with Crippen molar-refractivity contribution in [2.75, 3.05) is 11.1 Å². The van der Waals surface area contributed by atoms with Crippen LogP contribution in [0.15, 0.2) is 22.7 Å². The summed E-state index contributed by atoms with van der Waals surface area (Å²) >= 11 is 4.16. The minimum Gasteiger partial charge on any atom is -0.374 e. The van der Waals surface area contributed by atoms with E-state index in [4.69, 9.17) is 5.73 Å².